The van der Waals surface area contributed by atoms with Gasteiger partial charge in [-0.1, -0.05) is 37.3 Å². The highest BCUT2D eigenvalue weighted by Gasteiger charge is 2.27. The molecule has 2 aromatic carbocycles. The van der Waals surface area contributed by atoms with Crippen molar-refractivity contribution in [1.82, 2.24) is 10.6 Å². The molecule has 0 heterocycles. The standard InChI is InChI=1S/C20H23FN2O2/c1-13-6-8-15-4-2-3-5-17(15)19(13)23-20(25)22-11-14-7-9-18(21)16(10-14)12-24/h2-5,7,9-10,13,19,24H,6,8,11-12H2,1H3,(H2,22,23,25). The number of carbonyl (C=O) groups excluding carboxylic acids is 1. The van der Waals surface area contributed by atoms with E-state index in [-0.39, 0.29) is 30.8 Å². The largest absolute Gasteiger partial charge is 0.392 e. The molecule has 3 N–H and O–H groups in total. The smallest absolute Gasteiger partial charge is 0.315 e. The van der Waals surface area contributed by atoms with E-state index in [1.54, 1.807) is 12.1 Å². The van der Waals surface area contributed by atoms with Gasteiger partial charge in [0, 0.05) is 12.1 Å². The number of aliphatic hydroxyl groups is 1. The average molecular weight is 342 g/mol. The van der Waals surface area contributed by atoms with Crippen molar-refractivity contribution in [2.24, 2.45) is 5.92 Å². The first-order valence-electron chi connectivity index (χ1n) is 8.59. The molecule has 2 aromatic rings. The summed E-state index contributed by atoms with van der Waals surface area (Å²) in [6.45, 7) is 2.07. The van der Waals surface area contributed by atoms with Crippen LogP contribution in [0, 0.1) is 11.7 Å². The molecule has 25 heavy (non-hydrogen) atoms. The Morgan fingerprint density at radius 3 is 2.88 bits per heavy atom. The molecule has 3 rings (SSSR count). The number of fused-ring (bicyclic) bond motifs is 1. The van der Waals surface area contributed by atoms with Gasteiger partial charge in [0.05, 0.1) is 12.6 Å². The molecule has 4 nitrogen and oxygen atoms in total. The van der Waals surface area contributed by atoms with Gasteiger partial charge in [0.1, 0.15) is 5.82 Å². The van der Waals surface area contributed by atoms with Gasteiger partial charge in [-0.15, -0.1) is 0 Å². The molecule has 0 spiro atoms. The first-order valence-corrected chi connectivity index (χ1v) is 8.59. The predicted octanol–water partition coefficient (Wildman–Crippen LogP) is 3.44. The first kappa shape index (κ1) is 17.4. The van der Waals surface area contributed by atoms with E-state index in [2.05, 4.69) is 29.7 Å². The Hall–Kier alpha value is -2.40. The number of rotatable bonds is 4. The van der Waals surface area contributed by atoms with Crippen molar-refractivity contribution in [1.29, 1.82) is 0 Å². The number of benzene rings is 2. The number of aryl methyl sites for hydroxylation is 1. The Balaban J connectivity index is 1.63. The molecule has 0 bridgehead atoms. The summed E-state index contributed by atoms with van der Waals surface area (Å²) in [5.41, 5.74) is 3.45. The zero-order valence-corrected chi connectivity index (χ0v) is 14.3. The van der Waals surface area contributed by atoms with Crippen molar-refractivity contribution in [3.63, 3.8) is 0 Å². The molecule has 0 saturated carbocycles. The van der Waals surface area contributed by atoms with Crippen LogP contribution in [-0.2, 0) is 19.6 Å². The lowest BCUT2D eigenvalue weighted by Gasteiger charge is -2.32. The van der Waals surface area contributed by atoms with Crippen LogP contribution in [0.25, 0.3) is 0 Å². The maximum absolute atomic E-state index is 13.4. The van der Waals surface area contributed by atoms with Gasteiger partial charge >= 0.3 is 6.03 Å². The second-order valence-electron chi connectivity index (χ2n) is 6.60. The van der Waals surface area contributed by atoms with Crippen LogP contribution in [0.2, 0.25) is 0 Å². The van der Waals surface area contributed by atoms with E-state index in [4.69, 9.17) is 5.11 Å². The molecule has 2 unspecified atom stereocenters. The SMILES string of the molecule is CC1CCc2ccccc2C1NC(=O)NCc1ccc(F)c(CO)c1. The molecule has 2 atom stereocenters. The van der Waals surface area contributed by atoms with Gasteiger partial charge < -0.3 is 15.7 Å². The first-order chi connectivity index (χ1) is 12.1. The minimum absolute atomic E-state index is 0.00818. The van der Waals surface area contributed by atoms with Gasteiger partial charge in [-0.2, -0.15) is 0 Å². The van der Waals surface area contributed by atoms with Crippen molar-refractivity contribution < 1.29 is 14.3 Å². The summed E-state index contributed by atoms with van der Waals surface area (Å²) in [7, 11) is 0. The van der Waals surface area contributed by atoms with Crippen molar-refractivity contribution in [3.05, 3.63) is 70.5 Å². The number of hydrogen-bond donors (Lipinski definition) is 3. The van der Waals surface area contributed by atoms with Crippen LogP contribution in [-0.4, -0.2) is 11.1 Å². The molecule has 2 amide bonds. The van der Waals surface area contributed by atoms with E-state index in [9.17, 15) is 9.18 Å². The Bertz CT molecular complexity index is 763. The van der Waals surface area contributed by atoms with E-state index in [1.165, 1.54) is 17.2 Å². The summed E-state index contributed by atoms with van der Waals surface area (Å²) in [5, 5.41) is 15.0. The molecule has 0 radical (unpaired) electrons. The lowest BCUT2D eigenvalue weighted by atomic mass is 9.81. The van der Waals surface area contributed by atoms with Crippen molar-refractivity contribution >= 4 is 6.03 Å². The van der Waals surface area contributed by atoms with Crippen LogP contribution in [0.3, 0.4) is 0 Å². The number of nitrogens with one attached hydrogen (secondary N) is 2. The normalized spacial score (nSPS) is 19.2. The second kappa shape index (κ2) is 7.66. The van der Waals surface area contributed by atoms with Crippen molar-refractivity contribution in [2.45, 2.75) is 39.0 Å². The molecular weight excluding hydrogens is 319 g/mol. The molecule has 132 valence electrons. The molecule has 1 aliphatic rings. The van der Waals surface area contributed by atoms with Crippen molar-refractivity contribution in [2.75, 3.05) is 0 Å². The number of urea groups is 1. The Morgan fingerprint density at radius 2 is 2.08 bits per heavy atom. The third kappa shape index (κ3) is 3.99. The maximum atomic E-state index is 13.4. The highest BCUT2D eigenvalue weighted by Crippen LogP contribution is 2.33. The van der Waals surface area contributed by atoms with Gasteiger partial charge in [0.15, 0.2) is 0 Å². The summed E-state index contributed by atoms with van der Waals surface area (Å²) in [6.07, 6.45) is 2.08. The van der Waals surface area contributed by atoms with Crippen molar-refractivity contribution in [3.8, 4) is 0 Å². The monoisotopic (exact) mass is 342 g/mol. The van der Waals surface area contributed by atoms with Crippen LogP contribution in [0.1, 0.15) is 41.6 Å². The zero-order valence-electron chi connectivity index (χ0n) is 14.3. The van der Waals surface area contributed by atoms with Crippen LogP contribution in [0.5, 0.6) is 0 Å². The van der Waals surface area contributed by atoms with Gasteiger partial charge in [0.2, 0.25) is 0 Å². The number of hydrogen-bond acceptors (Lipinski definition) is 2. The minimum atomic E-state index is -0.441. The summed E-state index contributed by atoms with van der Waals surface area (Å²) >= 11 is 0. The third-order valence-corrected chi connectivity index (χ3v) is 4.85. The van der Waals surface area contributed by atoms with E-state index in [0.717, 1.165) is 18.4 Å². The predicted molar refractivity (Wildman–Crippen MR) is 94.4 cm³/mol. The highest BCUT2D eigenvalue weighted by molar-refractivity contribution is 5.74. The molecule has 0 saturated heterocycles. The fraction of sp³-hybridized carbons (Fsp3) is 0.350. The van der Waals surface area contributed by atoms with Crippen LogP contribution in [0.4, 0.5) is 9.18 Å². The Kier molecular flexibility index (Phi) is 5.34. The lowest BCUT2D eigenvalue weighted by molar-refractivity contribution is 0.229. The van der Waals surface area contributed by atoms with Gasteiger partial charge in [-0.25, -0.2) is 9.18 Å². The van der Waals surface area contributed by atoms with Gasteiger partial charge in [0.25, 0.3) is 0 Å². The summed E-state index contributed by atoms with van der Waals surface area (Å²) < 4.78 is 13.4. The van der Waals surface area contributed by atoms with E-state index >= 15 is 0 Å². The summed E-state index contributed by atoms with van der Waals surface area (Å²) in [5.74, 6) is -0.0733. The van der Waals surface area contributed by atoms with Crippen LogP contribution in [0.15, 0.2) is 42.5 Å². The fourth-order valence-corrected chi connectivity index (χ4v) is 3.38. The van der Waals surface area contributed by atoms with Crippen LogP contribution >= 0.6 is 0 Å². The van der Waals surface area contributed by atoms with E-state index in [0.29, 0.717) is 5.92 Å². The number of halogens is 1. The van der Waals surface area contributed by atoms with Gasteiger partial charge in [-0.3, -0.25) is 0 Å². The van der Waals surface area contributed by atoms with Crippen LogP contribution < -0.4 is 10.6 Å². The second-order valence-corrected chi connectivity index (χ2v) is 6.60. The number of amides is 2. The maximum Gasteiger partial charge on any atom is 0.315 e. The number of aliphatic hydroxyl groups excluding tert-OH is 1. The quantitative estimate of drug-likeness (QED) is 0.797. The molecule has 0 aromatic heterocycles. The molecular formula is C20H23FN2O2. The van der Waals surface area contributed by atoms with E-state index < -0.39 is 5.82 Å². The molecule has 5 heteroatoms. The highest BCUT2D eigenvalue weighted by atomic mass is 19.1. The van der Waals surface area contributed by atoms with E-state index in [1.807, 2.05) is 12.1 Å². The third-order valence-electron chi connectivity index (χ3n) is 4.85. The number of carbonyl (C=O) groups is 1. The minimum Gasteiger partial charge on any atom is -0.392 e. The summed E-state index contributed by atoms with van der Waals surface area (Å²) in [6, 6.07) is 12.4. The Labute approximate surface area is 147 Å². The fourth-order valence-electron chi connectivity index (χ4n) is 3.38. The van der Waals surface area contributed by atoms with Gasteiger partial charge in [-0.05, 0) is 47.6 Å². The zero-order chi connectivity index (χ0) is 17.8. The molecule has 1 aliphatic carbocycles. The molecule has 0 fully saturated rings. The summed E-state index contributed by atoms with van der Waals surface area (Å²) in [4.78, 5) is 12.3. The topological polar surface area (TPSA) is 61.4 Å². The lowest BCUT2D eigenvalue weighted by Crippen LogP contribution is -2.41. The average Bonchev–Trinajstić information content (AvgIpc) is 2.63. The Morgan fingerprint density at radius 1 is 1.28 bits per heavy atom. The molecule has 0 aliphatic heterocycles.